The number of carbonyl (C=O) groups is 3. The SMILES string of the molecule is COC(=O)C(C)c1cc(NC(=O)C(C)(C)CCCOc2cc3c(cc2OC)C(=O)N2CCC[C@H]2C=N3)cn1C. The first kappa shape index (κ1) is 28.2. The second kappa shape index (κ2) is 11.5. The van der Waals surface area contributed by atoms with Crippen LogP contribution < -0.4 is 14.8 Å². The number of anilines is 1. The number of ether oxygens (including phenoxy) is 3. The smallest absolute Gasteiger partial charge is 0.314 e. The van der Waals surface area contributed by atoms with Crippen LogP contribution in [0.15, 0.2) is 29.4 Å². The van der Waals surface area contributed by atoms with Crippen molar-refractivity contribution in [2.24, 2.45) is 17.5 Å². The number of rotatable bonds is 10. The molecule has 0 radical (unpaired) electrons. The van der Waals surface area contributed by atoms with E-state index in [9.17, 15) is 14.4 Å². The minimum atomic E-state index is -0.659. The molecule has 2 aromatic rings. The van der Waals surface area contributed by atoms with Crippen LogP contribution in [0.2, 0.25) is 0 Å². The standard InChI is InChI=1S/C29H38N4O6/c1-18(27(35)38-6)23-13-19(17-32(23)4)31-28(36)29(2,3)10-8-12-39-25-15-22-21(14-24(25)37-5)26(34)33-11-7-9-20(33)16-30-22/h13-18,20H,7-12H2,1-6H3,(H,31,36)/t18?,20-/m0/s1. The number of hydrogen-bond donors (Lipinski definition) is 1. The number of esters is 1. The molecule has 4 rings (SSSR count). The Morgan fingerprint density at radius 3 is 2.69 bits per heavy atom. The zero-order chi connectivity index (χ0) is 28.3. The van der Waals surface area contributed by atoms with E-state index < -0.39 is 11.3 Å². The molecule has 2 aliphatic heterocycles. The van der Waals surface area contributed by atoms with Gasteiger partial charge < -0.3 is 29.0 Å². The molecule has 3 heterocycles. The lowest BCUT2D eigenvalue weighted by Crippen LogP contribution is -2.35. The van der Waals surface area contributed by atoms with E-state index >= 15 is 0 Å². The molecule has 0 saturated carbocycles. The predicted octanol–water partition coefficient (Wildman–Crippen LogP) is 4.45. The van der Waals surface area contributed by atoms with E-state index in [1.54, 1.807) is 38.4 Å². The molecule has 0 aliphatic carbocycles. The van der Waals surface area contributed by atoms with Crippen molar-refractivity contribution in [2.75, 3.05) is 32.7 Å². The number of carbonyl (C=O) groups excluding carboxylic acids is 3. The van der Waals surface area contributed by atoms with Crippen molar-refractivity contribution in [2.45, 2.75) is 58.4 Å². The third kappa shape index (κ3) is 5.94. The van der Waals surface area contributed by atoms with Crippen LogP contribution >= 0.6 is 0 Å². The van der Waals surface area contributed by atoms with E-state index in [4.69, 9.17) is 14.2 Å². The second-order valence-electron chi connectivity index (χ2n) is 10.8. The van der Waals surface area contributed by atoms with E-state index in [1.807, 2.05) is 36.6 Å². The number of benzene rings is 1. The maximum Gasteiger partial charge on any atom is 0.314 e. The molecule has 1 aromatic heterocycles. The highest BCUT2D eigenvalue weighted by Gasteiger charge is 2.33. The van der Waals surface area contributed by atoms with Gasteiger partial charge in [-0.1, -0.05) is 13.8 Å². The fourth-order valence-electron chi connectivity index (χ4n) is 5.11. The largest absolute Gasteiger partial charge is 0.493 e. The molecule has 1 N–H and O–H groups in total. The summed E-state index contributed by atoms with van der Waals surface area (Å²) in [4.78, 5) is 44.5. The summed E-state index contributed by atoms with van der Waals surface area (Å²) in [5.41, 5.74) is 1.82. The van der Waals surface area contributed by atoms with Crippen LogP contribution in [0, 0.1) is 5.41 Å². The molecule has 0 spiro atoms. The Kier molecular flexibility index (Phi) is 8.32. The van der Waals surface area contributed by atoms with E-state index in [1.165, 1.54) is 7.11 Å². The number of nitrogens with zero attached hydrogens (tertiary/aromatic N) is 3. The van der Waals surface area contributed by atoms with Gasteiger partial charge in [0, 0.05) is 43.2 Å². The van der Waals surface area contributed by atoms with Gasteiger partial charge in [0.2, 0.25) is 5.91 Å². The number of aromatic nitrogens is 1. The maximum atomic E-state index is 13.1. The summed E-state index contributed by atoms with van der Waals surface area (Å²) in [5, 5.41) is 2.97. The van der Waals surface area contributed by atoms with Gasteiger partial charge in [-0.3, -0.25) is 19.4 Å². The van der Waals surface area contributed by atoms with Crippen LogP contribution in [0.1, 0.15) is 68.4 Å². The van der Waals surface area contributed by atoms with Gasteiger partial charge in [-0.2, -0.15) is 0 Å². The van der Waals surface area contributed by atoms with Crippen molar-refractivity contribution in [1.29, 1.82) is 0 Å². The summed E-state index contributed by atoms with van der Waals surface area (Å²) in [5.74, 6) is 0.0605. The minimum absolute atomic E-state index is 0.0343. The van der Waals surface area contributed by atoms with Crippen LogP contribution in [0.5, 0.6) is 11.5 Å². The fourth-order valence-corrected chi connectivity index (χ4v) is 5.11. The molecule has 10 heteroatoms. The second-order valence-corrected chi connectivity index (χ2v) is 10.8. The average Bonchev–Trinajstić information content (AvgIpc) is 3.51. The van der Waals surface area contributed by atoms with Crippen LogP contribution in [-0.2, 0) is 21.4 Å². The Morgan fingerprint density at radius 1 is 1.21 bits per heavy atom. The third-order valence-corrected chi connectivity index (χ3v) is 7.58. The van der Waals surface area contributed by atoms with E-state index in [0.29, 0.717) is 47.9 Å². The van der Waals surface area contributed by atoms with E-state index in [-0.39, 0.29) is 23.8 Å². The normalized spacial score (nSPS) is 17.2. The molecular formula is C29H38N4O6. The van der Waals surface area contributed by atoms with E-state index in [0.717, 1.165) is 25.1 Å². The maximum absolute atomic E-state index is 13.1. The topological polar surface area (TPSA) is 111 Å². The number of fused-ring (bicyclic) bond motifs is 2. The van der Waals surface area contributed by atoms with Gasteiger partial charge >= 0.3 is 5.97 Å². The molecule has 1 saturated heterocycles. The summed E-state index contributed by atoms with van der Waals surface area (Å²) >= 11 is 0. The molecule has 210 valence electrons. The first-order chi connectivity index (χ1) is 18.6. The van der Waals surface area contributed by atoms with Gasteiger partial charge in [-0.15, -0.1) is 0 Å². The Balaban J connectivity index is 1.35. The molecular weight excluding hydrogens is 500 g/mol. The molecule has 1 unspecified atom stereocenters. The highest BCUT2D eigenvalue weighted by atomic mass is 16.5. The molecule has 39 heavy (non-hydrogen) atoms. The van der Waals surface area contributed by atoms with Crippen molar-refractivity contribution in [3.05, 3.63) is 35.7 Å². The lowest BCUT2D eigenvalue weighted by atomic mass is 9.87. The molecule has 0 bridgehead atoms. The third-order valence-electron chi connectivity index (χ3n) is 7.58. The lowest BCUT2D eigenvalue weighted by molar-refractivity contribution is -0.142. The van der Waals surface area contributed by atoms with Crippen LogP contribution in [-0.4, -0.2) is 66.9 Å². The fraction of sp³-hybridized carbons (Fsp3) is 0.517. The zero-order valence-electron chi connectivity index (χ0n) is 23.6. The van der Waals surface area contributed by atoms with Crippen LogP contribution in [0.3, 0.4) is 0 Å². The summed E-state index contributed by atoms with van der Waals surface area (Å²) in [7, 11) is 4.73. The molecule has 10 nitrogen and oxygen atoms in total. The molecule has 2 atom stereocenters. The quantitative estimate of drug-likeness (QED) is 0.353. The highest BCUT2D eigenvalue weighted by Crippen LogP contribution is 2.38. The van der Waals surface area contributed by atoms with Gasteiger partial charge in [-0.25, -0.2) is 0 Å². The molecule has 2 aliphatic rings. The average molecular weight is 539 g/mol. The van der Waals surface area contributed by atoms with Crippen LogP contribution in [0.4, 0.5) is 11.4 Å². The number of amides is 2. The van der Waals surface area contributed by atoms with Gasteiger partial charge in [-0.05, 0) is 44.7 Å². The Bertz CT molecular complexity index is 1280. The number of aryl methyl sites for hydroxylation is 1. The summed E-state index contributed by atoms with van der Waals surface area (Å²) < 4.78 is 18.2. The summed E-state index contributed by atoms with van der Waals surface area (Å²) in [6.07, 6.45) is 6.74. The zero-order valence-corrected chi connectivity index (χ0v) is 23.6. The number of hydrogen-bond acceptors (Lipinski definition) is 7. The van der Waals surface area contributed by atoms with E-state index in [2.05, 4.69) is 10.3 Å². The van der Waals surface area contributed by atoms with Gasteiger partial charge in [0.25, 0.3) is 5.91 Å². The van der Waals surface area contributed by atoms with Gasteiger partial charge in [0.15, 0.2) is 11.5 Å². The summed E-state index contributed by atoms with van der Waals surface area (Å²) in [6.45, 7) is 6.64. The highest BCUT2D eigenvalue weighted by molar-refractivity contribution is 6.03. The molecule has 1 aromatic carbocycles. The van der Waals surface area contributed by atoms with Gasteiger partial charge in [0.05, 0.1) is 49.7 Å². The van der Waals surface area contributed by atoms with Crippen molar-refractivity contribution >= 4 is 35.4 Å². The predicted molar refractivity (Wildman–Crippen MR) is 148 cm³/mol. The first-order valence-corrected chi connectivity index (χ1v) is 13.3. The molecule has 1 fully saturated rings. The first-order valence-electron chi connectivity index (χ1n) is 13.3. The van der Waals surface area contributed by atoms with Crippen molar-refractivity contribution in [3.8, 4) is 11.5 Å². The Labute approximate surface area is 229 Å². The van der Waals surface area contributed by atoms with Crippen LogP contribution in [0.25, 0.3) is 0 Å². The lowest BCUT2D eigenvalue weighted by Gasteiger charge is -2.23. The monoisotopic (exact) mass is 538 g/mol. The van der Waals surface area contributed by atoms with Crippen molar-refractivity contribution in [3.63, 3.8) is 0 Å². The number of methoxy groups -OCH3 is 2. The summed E-state index contributed by atoms with van der Waals surface area (Å²) in [6, 6.07) is 5.29. The minimum Gasteiger partial charge on any atom is -0.493 e. The Morgan fingerprint density at radius 2 is 1.97 bits per heavy atom. The number of nitrogens with one attached hydrogen (secondary N) is 1. The molecule has 2 amide bonds. The Hall–Kier alpha value is -3.82. The van der Waals surface area contributed by atoms with Crippen molar-refractivity contribution < 1.29 is 28.6 Å². The number of aliphatic imine (C=N–C) groups is 1. The van der Waals surface area contributed by atoms with Crippen molar-refractivity contribution in [1.82, 2.24) is 9.47 Å². The van der Waals surface area contributed by atoms with Gasteiger partial charge in [0.1, 0.15) is 0 Å².